The van der Waals surface area contributed by atoms with Gasteiger partial charge in [0.15, 0.2) is 0 Å². The summed E-state index contributed by atoms with van der Waals surface area (Å²) < 4.78 is 38.9. The topological polar surface area (TPSA) is 15.3 Å². The Bertz CT molecular complexity index is 216. The third kappa shape index (κ3) is 3.67. The highest BCUT2D eigenvalue weighted by Gasteiger charge is 2.31. The molecule has 1 aliphatic heterocycles. The number of alkyl halides is 2. The average Bonchev–Trinajstić information content (AvgIpc) is 2.02. The normalized spacial score (nSPS) is 19.6. The lowest BCUT2D eigenvalue weighted by atomic mass is 10.2. The van der Waals surface area contributed by atoms with E-state index in [0.717, 1.165) is 0 Å². The molecule has 2 nitrogen and oxygen atoms in total. The third-order valence-electron chi connectivity index (χ3n) is 2.08. The Morgan fingerprint density at radius 3 is 2.86 bits per heavy atom. The van der Waals surface area contributed by atoms with Crippen LogP contribution in [0.15, 0.2) is 11.9 Å². The maximum atomic E-state index is 13.1. The van der Waals surface area contributed by atoms with Gasteiger partial charge in [-0.05, 0) is 13.5 Å². The van der Waals surface area contributed by atoms with Gasteiger partial charge in [-0.1, -0.05) is 6.08 Å². The molecule has 0 unspecified atom stereocenters. The molecule has 82 valence electrons. The van der Waals surface area contributed by atoms with Crippen molar-refractivity contribution in [2.24, 2.45) is 0 Å². The number of hydrogen-bond donors (Lipinski definition) is 1. The molecule has 0 saturated heterocycles. The van der Waals surface area contributed by atoms with Crippen LogP contribution in [0.3, 0.4) is 0 Å². The summed E-state index contributed by atoms with van der Waals surface area (Å²) >= 11 is 0. The highest BCUT2D eigenvalue weighted by atomic mass is 19.3. The first-order valence-corrected chi connectivity index (χ1v) is 4.63. The fourth-order valence-electron chi connectivity index (χ4n) is 1.54. The van der Waals surface area contributed by atoms with E-state index in [1.165, 1.54) is 18.0 Å². The van der Waals surface area contributed by atoms with E-state index >= 15 is 0 Å². The van der Waals surface area contributed by atoms with Gasteiger partial charge < -0.3 is 5.32 Å². The summed E-state index contributed by atoms with van der Waals surface area (Å²) in [6.07, 6.45) is 1.97. The van der Waals surface area contributed by atoms with Crippen LogP contribution >= 0.6 is 0 Å². The van der Waals surface area contributed by atoms with Crippen molar-refractivity contribution in [3.8, 4) is 0 Å². The van der Waals surface area contributed by atoms with Gasteiger partial charge in [0.1, 0.15) is 5.83 Å². The molecule has 5 heteroatoms. The van der Waals surface area contributed by atoms with Crippen LogP contribution in [-0.2, 0) is 0 Å². The largest absolute Gasteiger partial charge is 0.314 e. The molecule has 0 aliphatic carbocycles. The van der Waals surface area contributed by atoms with Gasteiger partial charge in [0, 0.05) is 6.54 Å². The third-order valence-corrected chi connectivity index (χ3v) is 2.08. The molecular formula is C9H15F3N2. The van der Waals surface area contributed by atoms with Crippen LogP contribution in [0.5, 0.6) is 0 Å². The van der Waals surface area contributed by atoms with Gasteiger partial charge in [-0.25, -0.2) is 13.2 Å². The maximum Gasteiger partial charge on any atom is 0.272 e. The molecule has 14 heavy (non-hydrogen) atoms. The lowest BCUT2D eigenvalue weighted by molar-refractivity contribution is -0.0287. The SMILES string of the molecule is CNCC(F)(F)CN1CCC=C(F)C1. The van der Waals surface area contributed by atoms with Crippen LogP contribution in [0.4, 0.5) is 13.2 Å². The van der Waals surface area contributed by atoms with Gasteiger partial charge in [-0.2, -0.15) is 0 Å². The zero-order valence-corrected chi connectivity index (χ0v) is 8.19. The summed E-state index contributed by atoms with van der Waals surface area (Å²) in [6.45, 7) is -0.226. The highest BCUT2D eigenvalue weighted by molar-refractivity contribution is 4.99. The molecule has 0 bridgehead atoms. The van der Waals surface area contributed by atoms with Gasteiger partial charge in [0.25, 0.3) is 5.92 Å². The number of rotatable bonds is 4. The molecule has 1 heterocycles. The Balaban J connectivity index is 2.40. The van der Waals surface area contributed by atoms with Crippen LogP contribution < -0.4 is 5.32 Å². The molecular weight excluding hydrogens is 193 g/mol. The monoisotopic (exact) mass is 208 g/mol. The van der Waals surface area contributed by atoms with Crippen molar-refractivity contribution < 1.29 is 13.2 Å². The van der Waals surface area contributed by atoms with E-state index in [1.54, 1.807) is 0 Å². The van der Waals surface area contributed by atoms with E-state index in [2.05, 4.69) is 5.32 Å². The molecule has 0 radical (unpaired) electrons. The Morgan fingerprint density at radius 1 is 1.57 bits per heavy atom. The van der Waals surface area contributed by atoms with E-state index in [1.807, 2.05) is 0 Å². The van der Waals surface area contributed by atoms with Gasteiger partial charge >= 0.3 is 0 Å². The standard InChI is InChI=1S/C9H15F3N2/c1-13-6-9(11,12)7-14-4-2-3-8(10)5-14/h3,13H,2,4-7H2,1H3. The average molecular weight is 208 g/mol. The smallest absolute Gasteiger partial charge is 0.272 e. The minimum atomic E-state index is -2.79. The van der Waals surface area contributed by atoms with E-state index in [4.69, 9.17) is 0 Å². The van der Waals surface area contributed by atoms with Crippen LogP contribution in [0.25, 0.3) is 0 Å². The first kappa shape index (κ1) is 11.5. The van der Waals surface area contributed by atoms with Crippen molar-refractivity contribution in [3.05, 3.63) is 11.9 Å². The van der Waals surface area contributed by atoms with Gasteiger partial charge in [0.05, 0.1) is 19.6 Å². The van der Waals surface area contributed by atoms with Crippen LogP contribution in [0.1, 0.15) is 6.42 Å². The number of nitrogens with one attached hydrogen (secondary N) is 1. The van der Waals surface area contributed by atoms with E-state index in [-0.39, 0.29) is 25.5 Å². The predicted octanol–water partition coefficient (Wildman–Crippen LogP) is 1.40. The van der Waals surface area contributed by atoms with E-state index < -0.39 is 5.92 Å². The Hall–Kier alpha value is -0.550. The van der Waals surface area contributed by atoms with E-state index in [9.17, 15) is 13.2 Å². The molecule has 0 amide bonds. The molecule has 0 aromatic carbocycles. The van der Waals surface area contributed by atoms with Crippen molar-refractivity contribution in [1.82, 2.24) is 10.2 Å². The van der Waals surface area contributed by atoms with Crippen molar-refractivity contribution in [1.29, 1.82) is 0 Å². The van der Waals surface area contributed by atoms with Crippen LogP contribution in [0, 0.1) is 0 Å². The van der Waals surface area contributed by atoms with Gasteiger partial charge in [-0.3, -0.25) is 4.90 Å². The summed E-state index contributed by atoms with van der Waals surface area (Å²) in [5.74, 6) is -3.09. The van der Waals surface area contributed by atoms with Crippen LogP contribution in [0.2, 0.25) is 0 Å². The minimum Gasteiger partial charge on any atom is -0.314 e. The summed E-state index contributed by atoms with van der Waals surface area (Å²) in [4.78, 5) is 1.44. The molecule has 1 rings (SSSR count). The molecule has 1 aliphatic rings. The fraction of sp³-hybridized carbons (Fsp3) is 0.778. The highest BCUT2D eigenvalue weighted by Crippen LogP contribution is 2.18. The second kappa shape index (κ2) is 4.79. The van der Waals surface area contributed by atoms with Gasteiger partial charge in [-0.15, -0.1) is 0 Å². The van der Waals surface area contributed by atoms with E-state index in [0.29, 0.717) is 13.0 Å². The van der Waals surface area contributed by atoms with Crippen molar-refractivity contribution in [2.45, 2.75) is 12.3 Å². The molecule has 0 aromatic rings. The number of nitrogens with zero attached hydrogens (tertiary/aromatic N) is 1. The lowest BCUT2D eigenvalue weighted by Crippen LogP contribution is -2.44. The Morgan fingerprint density at radius 2 is 2.29 bits per heavy atom. The van der Waals surface area contributed by atoms with Crippen molar-refractivity contribution >= 4 is 0 Å². The minimum absolute atomic E-state index is 0.0132. The first-order valence-electron chi connectivity index (χ1n) is 4.63. The maximum absolute atomic E-state index is 13.1. The van der Waals surface area contributed by atoms with Crippen LogP contribution in [-0.4, -0.2) is 44.0 Å². The summed E-state index contributed by atoms with van der Waals surface area (Å²) in [5.41, 5.74) is 0. The number of halogens is 3. The second-order valence-electron chi connectivity index (χ2n) is 3.54. The Labute approximate surface area is 81.8 Å². The fourth-order valence-corrected chi connectivity index (χ4v) is 1.54. The van der Waals surface area contributed by atoms with Crippen molar-refractivity contribution in [2.75, 3.05) is 33.2 Å². The summed E-state index contributed by atoms with van der Waals surface area (Å²) in [5, 5.41) is 2.42. The summed E-state index contributed by atoms with van der Waals surface area (Å²) in [6, 6.07) is 0. The molecule has 0 aromatic heterocycles. The van der Waals surface area contributed by atoms with Gasteiger partial charge in [0.2, 0.25) is 0 Å². The first-order chi connectivity index (χ1) is 6.53. The summed E-state index contributed by atoms with van der Waals surface area (Å²) in [7, 11) is 1.48. The zero-order chi connectivity index (χ0) is 10.6. The molecule has 0 fully saturated rings. The number of hydrogen-bond acceptors (Lipinski definition) is 2. The molecule has 0 spiro atoms. The zero-order valence-electron chi connectivity index (χ0n) is 8.19. The molecule has 1 N–H and O–H groups in total. The quantitative estimate of drug-likeness (QED) is 0.751. The molecule has 0 saturated carbocycles. The second-order valence-corrected chi connectivity index (χ2v) is 3.54. The predicted molar refractivity (Wildman–Crippen MR) is 49.1 cm³/mol. The Kier molecular flexibility index (Phi) is 3.95. The van der Waals surface area contributed by atoms with Crippen molar-refractivity contribution in [3.63, 3.8) is 0 Å². The lowest BCUT2D eigenvalue weighted by Gasteiger charge is -2.28. The molecule has 0 atom stereocenters.